The number of ether oxygens (including phenoxy) is 1. The molecule has 124 valence electrons. The van der Waals surface area contributed by atoms with E-state index in [9.17, 15) is 13.2 Å². The summed E-state index contributed by atoms with van der Waals surface area (Å²) < 4.78 is 30.2. The van der Waals surface area contributed by atoms with Crippen molar-refractivity contribution in [1.29, 1.82) is 0 Å². The van der Waals surface area contributed by atoms with Crippen LogP contribution in [0.15, 0.2) is 24.3 Å². The van der Waals surface area contributed by atoms with Gasteiger partial charge in [-0.2, -0.15) is 0 Å². The first-order valence-electron chi connectivity index (χ1n) is 7.37. The number of carbonyl (C=O) groups is 1. The van der Waals surface area contributed by atoms with Crippen molar-refractivity contribution >= 4 is 15.9 Å². The number of methoxy groups -OCH3 is 1. The molecule has 0 aromatic heterocycles. The summed E-state index contributed by atoms with van der Waals surface area (Å²) >= 11 is 0. The second-order valence-electron chi connectivity index (χ2n) is 5.84. The third kappa shape index (κ3) is 6.15. The van der Waals surface area contributed by atoms with Crippen LogP contribution < -0.4 is 4.72 Å². The van der Waals surface area contributed by atoms with Crippen molar-refractivity contribution < 1.29 is 17.9 Å². The van der Waals surface area contributed by atoms with Gasteiger partial charge in [-0.25, -0.2) is 8.42 Å². The van der Waals surface area contributed by atoms with Gasteiger partial charge in [-0.1, -0.05) is 38.1 Å². The number of benzene rings is 1. The molecule has 0 aliphatic carbocycles. The normalized spacial score (nSPS) is 13.1. The molecule has 0 unspecified atom stereocenters. The highest BCUT2D eigenvalue weighted by Crippen LogP contribution is 2.18. The van der Waals surface area contributed by atoms with Crippen molar-refractivity contribution in [2.45, 2.75) is 33.1 Å². The molecule has 1 N–H and O–H groups in total. The summed E-state index contributed by atoms with van der Waals surface area (Å²) in [5.74, 6) is -0.703. The summed E-state index contributed by atoms with van der Waals surface area (Å²) in [7, 11) is -2.23. The highest BCUT2D eigenvalue weighted by Gasteiger charge is 2.21. The summed E-state index contributed by atoms with van der Waals surface area (Å²) in [6.45, 7) is 6.04. The molecular weight excluding hydrogens is 302 g/mol. The molecule has 1 rings (SSSR count). The minimum Gasteiger partial charge on any atom is -0.384 e. The topological polar surface area (TPSA) is 72.5 Å². The number of amides is 1. The van der Waals surface area contributed by atoms with Gasteiger partial charge >= 0.3 is 0 Å². The molecule has 0 fully saturated rings. The Morgan fingerprint density at radius 3 is 2.27 bits per heavy atom. The Bertz CT molecular complexity index is 579. The summed E-state index contributed by atoms with van der Waals surface area (Å²) in [4.78, 5) is 12.1. The van der Waals surface area contributed by atoms with E-state index in [-0.39, 0.29) is 12.4 Å². The minimum atomic E-state index is -3.64. The largest absolute Gasteiger partial charge is 0.384 e. The quantitative estimate of drug-likeness (QED) is 0.793. The van der Waals surface area contributed by atoms with Gasteiger partial charge in [0.1, 0.15) is 0 Å². The zero-order valence-corrected chi connectivity index (χ0v) is 14.4. The van der Waals surface area contributed by atoms with E-state index in [1.54, 1.807) is 6.92 Å². The molecule has 0 heterocycles. The van der Waals surface area contributed by atoms with Gasteiger partial charge in [0.05, 0.1) is 18.3 Å². The van der Waals surface area contributed by atoms with Gasteiger partial charge in [0.25, 0.3) is 0 Å². The van der Waals surface area contributed by atoms with E-state index in [1.165, 1.54) is 12.7 Å². The zero-order valence-electron chi connectivity index (χ0n) is 13.6. The molecule has 0 saturated heterocycles. The lowest BCUT2D eigenvalue weighted by molar-refractivity contribution is -0.120. The van der Waals surface area contributed by atoms with Gasteiger partial charge in [-0.05, 0) is 30.4 Å². The number of sulfonamides is 1. The molecule has 0 aliphatic rings. The van der Waals surface area contributed by atoms with Gasteiger partial charge in [-0.15, -0.1) is 0 Å². The van der Waals surface area contributed by atoms with E-state index in [0.29, 0.717) is 5.92 Å². The summed E-state index contributed by atoms with van der Waals surface area (Å²) in [5.41, 5.74) is 2.01. The summed E-state index contributed by atoms with van der Waals surface area (Å²) in [6, 6.07) is 7.73. The molecule has 0 bridgehead atoms. The van der Waals surface area contributed by atoms with Crippen molar-refractivity contribution in [2.24, 2.45) is 5.92 Å². The highest BCUT2D eigenvalue weighted by molar-refractivity contribution is 7.90. The smallest absolute Gasteiger partial charge is 0.240 e. The van der Waals surface area contributed by atoms with Gasteiger partial charge in [0, 0.05) is 7.11 Å². The third-order valence-corrected chi connectivity index (χ3v) is 4.55. The molecule has 1 aromatic rings. The summed E-state index contributed by atoms with van der Waals surface area (Å²) in [5, 5.41) is 0. The SMILES string of the molecule is COCCS(=O)(=O)NC(=O)[C@H](C)c1ccc(CC(C)C)cc1. The molecule has 6 heteroatoms. The van der Waals surface area contributed by atoms with E-state index < -0.39 is 21.8 Å². The van der Waals surface area contributed by atoms with E-state index >= 15 is 0 Å². The minimum absolute atomic E-state index is 0.0564. The predicted octanol–water partition coefficient (Wildman–Crippen LogP) is 2.08. The molecule has 0 radical (unpaired) electrons. The van der Waals surface area contributed by atoms with Crippen molar-refractivity contribution in [3.63, 3.8) is 0 Å². The van der Waals surface area contributed by atoms with Crippen LogP contribution in [0.5, 0.6) is 0 Å². The van der Waals surface area contributed by atoms with Gasteiger partial charge < -0.3 is 4.74 Å². The first-order chi connectivity index (χ1) is 10.2. The fourth-order valence-electron chi connectivity index (χ4n) is 2.05. The predicted molar refractivity (Wildman–Crippen MR) is 87.2 cm³/mol. The lowest BCUT2D eigenvalue weighted by Gasteiger charge is -2.14. The van der Waals surface area contributed by atoms with Crippen LogP contribution in [0.3, 0.4) is 0 Å². The lowest BCUT2D eigenvalue weighted by Crippen LogP contribution is -2.36. The molecule has 0 spiro atoms. The van der Waals surface area contributed by atoms with Crippen LogP contribution in [-0.2, 0) is 26.0 Å². The van der Waals surface area contributed by atoms with E-state index in [1.807, 2.05) is 24.3 Å². The van der Waals surface area contributed by atoms with E-state index in [0.717, 1.165) is 12.0 Å². The van der Waals surface area contributed by atoms with Crippen LogP contribution in [0.4, 0.5) is 0 Å². The molecule has 0 saturated carbocycles. The highest BCUT2D eigenvalue weighted by atomic mass is 32.2. The number of rotatable bonds is 8. The fourth-order valence-corrected chi connectivity index (χ4v) is 3.02. The number of carbonyl (C=O) groups excluding carboxylic acids is 1. The average molecular weight is 327 g/mol. The fraction of sp³-hybridized carbons (Fsp3) is 0.562. The maximum Gasteiger partial charge on any atom is 0.240 e. The first kappa shape index (κ1) is 18.6. The monoisotopic (exact) mass is 327 g/mol. The van der Waals surface area contributed by atoms with Crippen LogP contribution in [0.2, 0.25) is 0 Å². The van der Waals surface area contributed by atoms with Crippen molar-refractivity contribution in [3.05, 3.63) is 35.4 Å². The maximum atomic E-state index is 12.1. The third-order valence-electron chi connectivity index (χ3n) is 3.33. The van der Waals surface area contributed by atoms with Crippen LogP contribution in [0.1, 0.15) is 37.8 Å². The van der Waals surface area contributed by atoms with Gasteiger partial charge in [0.2, 0.25) is 15.9 Å². The van der Waals surface area contributed by atoms with Crippen molar-refractivity contribution in [2.75, 3.05) is 19.5 Å². The molecular formula is C16H25NO4S. The van der Waals surface area contributed by atoms with Crippen LogP contribution in [0.25, 0.3) is 0 Å². The van der Waals surface area contributed by atoms with E-state index in [2.05, 4.69) is 18.6 Å². The lowest BCUT2D eigenvalue weighted by atomic mass is 9.96. The second-order valence-corrected chi connectivity index (χ2v) is 7.68. The van der Waals surface area contributed by atoms with Gasteiger partial charge in [0.15, 0.2) is 0 Å². The Morgan fingerprint density at radius 1 is 1.18 bits per heavy atom. The van der Waals surface area contributed by atoms with E-state index in [4.69, 9.17) is 4.74 Å². The molecule has 22 heavy (non-hydrogen) atoms. The number of hydrogen-bond donors (Lipinski definition) is 1. The number of hydrogen-bond acceptors (Lipinski definition) is 4. The van der Waals surface area contributed by atoms with Crippen LogP contribution in [-0.4, -0.2) is 33.8 Å². The Kier molecular flexibility index (Phi) is 7.03. The Hall–Kier alpha value is -1.40. The standard InChI is InChI=1S/C16H25NO4S/c1-12(2)11-14-5-7-15(8-6-14)13(3)16(18)17-22(19,20)10-9-21-4/h5-8,12-13H,9-11H2,1-4H3,(H,17,18)/t13-/m1/s1. The Labute approximate surface area is 133 Å². The Balaban J connectivity index is 2.70. The average Bonchev–Trinajstić information content (AvgIpc) is 2.44. The van der Waals surface area contributed by atoms with Crippen molar-refractivity contribution in [1.82, 2.24) is 4.72 Å². The van der Waals surface area contributed by atoms with Crippen molar-refractivity contribution in [3.8, 4) is 0 Å². The maximum absolute atomic E-state index is 12.1. The van der Waals surface area contributed by atoms with Crippen LogP contribution >= 0.6 is 0 Å². The molecule has 1 amide bonds. The molecule has 0 aliphatic heterocycles. The zero-order chi connectivity index (χ0) is 16.8. The molecule has 1 aromatic carbocycles. The van der Waals surface area contributed by atoms with Gasteiger partial charge in [-0.3, -0.25) is 9.52 Å². The summed E-state index contributed by atoms with van der Waals surface area (Å²) in [6.07, 6.45) is 0.978. The Morgan fingerprint density at radius 2 is 1.77 bits per heavy atom. The number of nitrogens with one attached hydrogen (secondary N) is 1. The molecule has 5 nitrogen and oxygen atoms in total. The molecule has 1 atom stereocenters. The van der Waals surface area contributed by atoms with Crippen LogP contribution in [0, 0.1) is 5.92 Å². The second kappa shape index (κ2) is 8.29. The first-order valence-corrected chi connectivity index (χ1v) is 9.02.